The van der Waals surface area contributed by atoms with Crippen molar-refractivity contribution < 1.29 is 14.7 Å². The van der Waals surface area contributed by atoms with E-state index < -0.39 is 5.97 Å². The fourth-order valence-electron chi connectivity index (χ4n) is 2.09. The zero-order chi connectivity index (χ0) is 15.8. The van der Waals surface area contributed by atoms with Gasteiger partial charge in [0.2, 0.25) is 5.91 Å². The lowest BCUT2D eigenvalue weighted by Gasteiger charge is -2.29. The van der Waals surface area contributed by atoms with Crippen LogP contribution in [0, 0.1) is 5.92 Å². The molecule has 0 aromatic heterocycles. The molecule has 1 amide bonds. The van der Waals surface area contributed by atoms with Gasteiger partial charge in [0.05, 0.1) is 12.5 Å². The first-order valence-electron chi connectivity index (χ1n) is 7.22. The lowest BCUT2D eigenvalue weighted by atomic mass is 10.1. The highest BCUT2D eigenvalue weighted by Crippen LogP contribution is 2.10. The summed E-state index contributed by atoms with van der Waals surface area (Å²) in [6, 6.07) is 8.89. The normalized spacial score (nSPS) is 12.4. The highest BCUT2D eigenvalue weighted by atomic mass is 16.4. The summed E-state index contributed by atoms with van der Waals surface area (Å²) in [5.74, 6) is -0.600. The lowest BCUT2D eigenvalue weighted by molar-refractivity contribution is -0.138. The van der Waals surface area contributed by atoms with Gasteiger partial charge in [0.15, 0.2) is 0 Å². The molecule has 0 aliphatic carbocycles. The fourth-order valence-corrected chi connectivity index (χ4v) is 2.09. The van der Waals surface area contributed by atoms with Crippen molar-refractivity contribution in [1.29, 1.82) is 0 Å². The van der Waals surface area contributed by atoms with E-state index in [0.29, 0.717) is 19.0 Å². The smallest absolute Gasteiger partial charge is 0.304 e. The molecule has 2 N–H and O–H groups in total. The number of nitrogens with one attached hydrogen (secondary N) is 1. The molecule has 0 aliphatic rings. The van der Waals surface area contributed by atoms with Crippen LogP contribution in [0.2, 0.25) is 0 Å². The van der Waals surface area contributed by atoms with Crippen molar-refractivity contribution in [2.75, 3.05) is 18.4 Å². The molecule has 0 aliphatic heterocycles. The van der Waals surface area contributed by atoms with Crippen LogP contribution in [-0.2, 0) is 9.59 Å². The first-order chi connectivity index (χ1) is 9.90. The average Bonchev–Trinajstić information content (AvgIpc) is 2.43. The number of carboxylic acids is 1. The summed E-state index contributed by atoms with van der Waals surface area (Å²) in [6.07, 6.45) is 0.0374. The summed E-state index contributed by atoms with van der Waals surface area (Å²) in [4.78, 5) is 24.9. The molecule has 1 unspecified atom stereocenters. The Morgan fingerprint density at radius 1 is 1.19 bits per heavy atom. The molecule has 0 spiro atoms. The molecule has 0 bridgehead atoms. The van der Waals surface area contributed by atoms with E-state index in [0.717, 1.165) is 5.69 Å². The Labute approximate surface area is 126 Å². The quantitative estimate of drug-likeness (QED) is 0.772. The van der Waals surface area contributed by atoms with E-state index >= 15 is 0 Å². The number of hydrogen-bond donors (Lipinski definition) is 2. The number of para-hydroxylation sites is 1. The van der Waals surface area contributed by atoms with Gasteiger partial charge in [-0.1, -0.05) is 32.0 Å². The Bertz CT molecular complexity index is 460. The topological polar surface area (TPSA) is 69.6 Å². The maximum atomic E-state index is 12.3. The van der Waals surface area contributed by atoms with Gasteiger partial charge in [0, 0.05) is 18.8 Å². The number of carboxylic acid groups (broad SMARTS) is 1. The van der Waals surface area contributed by atoms with Crippen LogP contribution < -0.4 is 5.32 Å². The summed E-state index contributed by atoms with van der Waals surface area (Å²) in [5.41, 5.74) is 0.747. The van der Waals surface area contributed by atoms with Crippen LogP contribution in [0.25, 0.3) is 0 Å². The fraction of sp³-hybridized carbons (Fsp3) is 0.500. The first kappa shape index (κ1) is 17.2. The third-order valence-corrected chi connectivity index (χ3v) is 3.18. The molecule has 0 heterocycles. The molecular weight excluding hydrogens is 268 g/mol. The Hall–Kier alpha value is -1.88. The highest BCUT2D eigenvalue weighted by Gasteiger charge is 2.22. The Morgan fingerprint density at radius 3 is 2.33 bits per heavy atom. The molecule has 116 valence electrons. The third-order valence-electron chi connectivity index (χ3n) is 3.18. The van der Waals surface area contributed by atoms with Gasteiger partial charge in [-0.3, -0.25) is 14.5 Å². The average molecular weight is 292 g/mol. The SMILES string of the molecule is CC(C)CN(CCC(=O)O)C(C)C(=O)Nc1ccccc1. The number of amides is 1. The Morgan fingerprint density at radius 2 is 1.81 bits per heavy atom. The summed E-state index contributed by atoms with van der Waals surface area (Å²) in [5, 5.41) is 11.7. The number of carbonyl (C=O) groups is 2. The van der Waals surface area contributed by atoms with Crippen molar-refractivity contribution in [1.82, 2.24) is 4.90 Å². The maximum Gasteiger partial charge on any atom is 0.304 e. The van der Waals surface area contributed by atoms with Gasteiger partial charge in [0.25, 0.3) is 0 Å². The minimum atomic E-state index is -0.848. The van der Waals surface area contributed by atoms with Gasteiger partial charge in [0.1, 0.15) is 0 Å². The van der Waals surface area contributed by atoms with Gasteiger partial charge in [-0.15, -0.1) is 0 Å². The standard InChI is InChI=1S/C16H24N2O3/c1-12(2)11-18(10-9-15(19)20)13(3)16(21)17-14-7-5-4-6-8-14/h4-8,12-13H,9-11H2,1-3H3,(H,17,21)(H,19,20). The Balaban J connectivity index is 2.66. The number of anilines is 1. The number of hydrogen-bond acceptors (Lipinski definition) is 3. The van der Waals surface area contributed by atoms with Gasteiger partial charge in [-0.05, 0) is 25.0 Å². The minimum Gasteiger partial charge on any atom is -0.481 e. The summed E-state index contributed by atoms with van der Waals surface area (Å²) in [7, 11) is 0. The van der Waals surface area contributed by atoms with E-state index in [1.807, 2.05) is 42.2 Å². The molecule has 1 atom stereocenters. The van der Waals surface area contributed by atoms with Gasteiger partial charge < -0.3 is 10.4 Å². The zero-order valence-electron chi connectivity index (χ0n) is 12.9. The Kier molecular flexibility index (Phi) is 6.88. The zero-order valence-corrected chi connectivity index (χ0v) is 12.9. The molecular formula is C16H24N2O3. The van der Waals surface area contributed by atoms with E-state index in [-0.39, 0.29) is 18.4 Å². The molecule has 0 fully saturated rings. The predicted octanol–water partition coefficient (Wildman–Crippen LogP) is 2.45. The number of nitrogens with zero attached hydrogens (tertiary/aromatic N) is 1. The maximum absolute atomic E-state index is 12.3. The molecule has 1 aromatic rings. The summed E-state index contributed by atoms with van der Waals surface area (Å²) in [6.45, 7) is 6.97. The molecule has 0 saturated carbocycles. The van der Waals surface area contributed by atoms with E-state index in [2.05, 4.69) is 19.2 Å². The monoisotopic (exact) mass is 292 g/mol. The van der Waals surface area contributed by atoms with Crippen molar-refractivity contribution >= 4 is 17.6 Å². The summed E-state index contributed by atoms with van der Waals surface area (Å²) >= 11 is 0. The molecule has 0 saturated heterocycles. The van der Waals surface area contributed by atoms with Crippen molar-refractivity contribution in [3.63, 3.8) is 0 Å². The van der Waals surface area contributed by atoms with Crippen molar-refractivity contribution in [3.05, 3.63) is 30.3 Å². The van der Waals surface area contributed by atoms with Crippen molar-refractivity contribution in [2.24, 2.45) is 5.92 Å². The predicted molar refractivity (Wildman–Crippen MR) is 83.2 cm³/mol. The minimum absolute atomic E-state index is 0.0374. The number of aliphatic carboxylic acids is 1. The van der Waals surface area contributed by atoms with Crippen LogP contribution in [0.1, 0.15) is 27.2 Å². The number of rotatable bonds is 8. The third kappa shape index (κ3) is 6.40. The number of benzene rings is 1. The van der Waals surface area contributed by atoms with Gasteiger partial charge in [-0.2, -0.15) is 0 Å². The largest absolute Gasteiger partial charge is 0.481 e. The summed E-state index contributed by atoms with van der Waals surface area (Å²) < 4.78 is 0. The van der Waals surface area contributed by atoms with Crippen molar-refractivity contribution in [2.45, 2.75) is 33.2 Å². The second-order valence-corrected chi connectivity index (χ2v) is 5.56. The van der Waals surface area contributed by atoms with Crippen LogP contribution in [0.4, 0.5) is 5.69 Å². The van der Waals surface area contributed by atoms with E-state index in [1.165, 1.54) is 0 Å². The molecule has 21 heavy (non-hydrogen) atoms. The van der Waals surface area contributed by atoms with Crippen LogP contribution in [0.5, 0.6) is 0 Å². The van der Waals surface area contributed by atoms with E-state index in [1.54, 1.807) is 0 Å². The van der Waals surface area contributed by atoms with E-state index in [9.17, 15) is 9.59 Å². The molecule has 5 heteroatoms. The van der Waals surface area contributed by atoms with Gasteiger partial charge >= 0.3 is 5.97 Å². The van der Waals surface area contributed by atoms with Crippen LogP contribution in [0.3, 0.4) is 0 Å². The lowest BCUT2D eigenvalue weighted by Crippen LogP contribution is -2.44. The number of carbonyl (C=O) groups excluding carboxylic acids is 1. The van der Waals surface area contributed by atoms with Crippen LogP contribution >= 0.6 is 0 Å². The molecule has 1 rings (SSSR count). The van der Waals surface area contributed by atoms with Crippen LogP contribution in [-0.4, -0.2) is 41.0 Å². The van der Waals surface area contributed by atoms with Crippen molar-refractivity contribution in [3.8, 4) is 0 Å². The first-order valence-corrected chi connectivity index (χ1v) is 7.22. The van der Waals surface area contributed by atoms with Gasteiger partial charge in [-0.25, -0.2) is 0 Å². The highest BCUT2D eigenvalue weighted by molar-refractivity contribution is 5.94. The molecule has 5 nitrogen and oxygen atoms in total. The van der Waals surface area contributed by atoms with E-state index in [4.69, 9.17) is 5.11 Å². The molecule has 1 aromatic carbocycles. The molecule has 0 radical (unpaired) electrons. The second kappa shape index (κ2) is 8.42. The van der Waals surface area contributed by atoms with Crippen LogP contribution in [0.15, 0.2) is 30.3 Å². The second-order valence-electron chi connectivity index (χ2n) is 5.56.